The molecule has 0 radical (unpaired) electrons. The highest BCUT2D eigenvalue weighted by molar-refractivity contribution is 7.88. The predicted molar refractivity (Wildman–Crippen MR) is 76.3 cm³/mol. The molecule has 1 aromatic carbocycles. The number of sulfonamides is 1. The van der Waals surface area contributed by atoms with Crippen molar-refractivity contribution in [2.24, 2.45) is 5.73 Å². The maximum absolute atomic E-state index is 12.3. The average Bonchev–Trinajstić information content (AvgIpc) is 2.47. The van der Waals surface area contributed by atoms with Crippen LogP contribution < -0.4 is 5.73 Å². The van der Waals surface area contributed by atoms with E-state index in [1.807, 2.05) is 18.2 Å². The standard InChI is InChI=1S/C13H19N3O3S/c14-10-13(17)15-6-8-16(9-7-15)20(18,19)11-12-4-2-1-3-5-12/h1-5H,6-11,14H2. The van der Waals surface area contributed by atoms with Crippen LogP contribution in [-0.4, -0.2) is 56.3 Å². The lowest BCUT2D eigenvalue weighted by Crippen LogP contribution is -2.52. The van der Waals surface area contributed by atoms with Gasteiger partial charge in [0.1, 0.15) is 0 Å². The summed E-state index contributed by atoms with van der Waals surface area (Å²) in [7, 11) is -3.33. The fourth-order valence-corrected chi connectivity index (χ4v) is 3.74. The van der Waals surface area contributed by atoms with Crippen LogP contribution in [0.25, 0.3) is 0 Å². The summed E-state index contributed by atoms with van der Waals surface area (Å²) in [6.07, 6.45) is 0. The molecule has 110 valence electrons. The Balaban J connectivity index is 1.97. The van der Waals surface area contributed by atoms with Crippen molar-refractivity contribution in [1.29, 1.82) is 0 Å². The zero-order valence-corrected chi connectivity index (χ0v) is 12.1. The first-order valence-electron chi connectivity index (χ1n) is 6.52. The Morgan fingerprint density at radius 3 is 2.25 bits per heavy atom. The number of rotatable bonds is 4. The molecule has 0 aliphatic carbocycles. The smallest absolute Gasteiger partial charge is 0.236 e. The Morgan fingerprint density at radius 2 is 1.70 bits per heavy atom. The third-order valence-electron chi connectivity index (χ3n) is 3.35. The summed E-state index contributed by atoms with van der Waals surface area (Å²) in [6.45, 7) is 1.45. The van der Waals surface area contributed by atoms with E-state index in [0.29, 0.717) is 26.2 Å². The molecule has 1 heterocycles. The number of benzene rings is 1. The van der Waals surface area contributed by atoms with Crippen molar-refractivity contribution >= 4 is 15.9 Å². The van der Waals surface area contributed by atoms with E-state index >= 15 is 0 Å². The Bertz CT molecular complexity index is 551. The highest BCUT2D eigenvalue weighted by atomic mass is 32.2. The van der Waals surface area contributed by atoms with Crippen LogP contribution in [0.2, 0.25) is 0 Å². The van der Waals surface area contributed by atoms with E-state index < -0.39 is 10.0 Å². The Hall–Kier alpha value is -1.44. The molecule has 1 aliphatic rings. The number of nitrogens with zero attached hydrogens (tertiary/aromatic N) is 2. The summed E-state index contributed by atoms with van der Waals surface area (Å²) < 4.78 is 26.0. The Morgan fingerprint density at radius 1 is 1.10 bits per heavy atom. The van der Waals surface area contributed by atoms with Gasteiger partial charge in [0.25, 0.3) is 0 Å². The molecule has 1 fully saturated rings. The summed E-state index contributed by atoms with van der Waals surface area (Å²) in [6, 6.07) is 9.09. The number of carbonyl (C=O) groups is 1. The van der Waals surface area contributed by atoms with Crippen molar-refractivity contribution in [1.82, 2.24) is 9.21 Å². The van der Waals surface area contributed by atoms with E-state index in [4.69, 9.17) is 5.73 Å². The zero-order chi connectivity index (χ0) is 14.6. The molecule has 2 rings (SSSR count). The molecule has 0 atom stereocenters. The molecular weight excluding hydrogens is 278 g/mol. The SMILES string of the molecule is NCC(=O)N1CCN(S(=O)(=O)Cc2ccccc2)CC1. The van der Waals surface area contributed by atoms with Crippen molar-refractivity contribution in [3.63, 3.8) is 0 Å². The van der Waals surface area contributed by atoms with Crippen LogP contribution in [0.1, 0.15) is 5.56 Å². The normalized spacial score (nSPS) is 17.1. The van der Waals surface area contributed by atoms with Gasteiger partial charge in [-0.05, 0) is 5.56 Å². The second-order valence-electron chi connectivity index (χ2n) is 4.73. The molecule has 1 aliphatic heterocycles. The van der Waals surface area contributed by atoms with Gasteiger partial charge in [-0.2, -0.15) is 4.31 Å². The van der Waals surface area contributed by atoms with Gasteiger partial charge in [-0.1, -0.05) is 30.3 Å². The summed E-state index contributed by atoms with van der Waals surface area (Å²) in [5.41, 5.74) is 6.07. The summed E-state index contributed by atoms with van der Waals surface area (Å²) in [5, 5.41) is 0. The Labute approximate surface area is 119 Å². The first-order chi connectivity index (χ1) is 9.53. The molecule has 0 bridgehead atoms. The zero-order valence-electron chi connectivity index (χ0n) is 11.2. The lowest BCUT2D eigenvalue weighted by atomic mass is 10.2. The lowest BCUT2D eigenvalue weighted by molar-refractivity contribution is -0.130. The third-order valence-corrected chi connectivity index (χ3v) is 5.20. The number of hydrogen-bond acceptors (Lipinski definition) is 4. The van der Waals surface area contributed by atoms with Crippen LogP contribution >= 0.6 is 0 Å². The lowest BCUT2D eigenvalue weighted by Gasteiger charge is -2.33. The quantitative estimate of drug-likeness (QED) is 0.821. The van der Waals surface area contributed by atoms with Gasteiger partial charge in [-0.25, -0.2) is 8.42 Å². The number of nitrogens with two attached hydrogens (primary N) is 1. The molecular formula is C13H19N3O3S. The number of hydrogen-bond donors (Lipinski definition) is 1. The predicted octanol–water partition coefficient (Wildman–Crippen LogP) is -0.381. The van der Waals surface area contributed by atoms with E-state index in [1.54, 1.807) is 17.0 Å². The maximum atomic E-state index is 12.3. The highest BCUT2D eigenvalue weighted by Crippen LogP contribution is 2.13. The number of carbonyl (C=O) groups excluding carboxylic acids is 1. The second-order valence-corrected chi connectivity index (χ2v) is 6.69. The summed E-state index contributed by atoms with van der Waals surface area (Å²) in [4.78, 5) is 13.1. The van der Waals surface area contributed by atoms with Gasteiger partial charge in [0.15, 0.2) is 0 Å². The van der Waals surface area contributed by atoms with Crippen LogP contribution in [0.3, 0.4) is 0 Å². The molecule has 0 saturated carbocycles. The second kappa shape index (κ2) is 6.34. The minimum absolute atomic E-state index is 0.00131. The van der Waals surface area contributed by atoms with Crippen molar-refractivity contribution in [3.05, 3.63) is 35.9 Å². The van der Waals surface area contributed by atoms with E-state index in [1.165, 1.54) is 4.31 Å². The van der Waals surface area contributed by atoms with Gasteiger partial charge in [0, 0.05) is 26.2 Å². The molecule has 1 saturated heterocycles. The molecule has 0 spiro atoms. The molecule has 20 heavy (non-hydrogen) atoms. The largest absolute Gasteiger partial charge is 0.339 e. The van der Waals surface area contributed by atoms with Gasteiger partial charge >= 0.3 is 0 Å². The van der Waals surface area contributed by atoms with Crippen LogP contribution in [0.15, 0.2) is 30.3 Å². The van der Waals surface area contributed by atoms with E-state index in [9.17, 15) is 13.2 Å². The number of amides is 1. The fraction of sp³-hybridized carbons (Fsp3) is 0.462. The minimum atomic E-state index is -3.33. The highest BCUT2D eigenvalue weighted by Gasteiger charge is 2.28. The van der Waals surface area contributed by atoms with Crippen molar-refractivity contribution < 1.29 is 13.2 Å². The summed E-state index contributed by atoms with van der Waals surface area (Å²) in [5.74, 6) is -0.135. The van der Waals surface area contributed by atoms with Gasteiger partial charge in [0.05, 0.1) is 12.3 Å². The first-order valence-corrected chi connectivity index (χ1v) is 8.13. The van der Waals surface area contributed by atoms with Gasteiger partial charge < -0.3 is 10.6 Å². The van der Waals surface area contributed by atoms with Gasteiger partial charge in [-0.3, -0.25) is 4.79 Å². The molecule has 6 nitrogen and oxygen atoms in total. The first kappa shape index (κ1) is 15.0. The van der Waals surface area contributed by atoms with E-state index in [2.05, 4.69) is 0 Å². The molecule has 0 unspecified atom stereocenters. The van der Waals surface area contributed by atoms with Crippen molar-refractivity contribution in [2.75, 3.05) is 32.7 Å². The monoisotopic (exact) mass is 297 g/mol. The minimum Gasteiger partial charge on any atom is -0.339 e. The Kier molecular flexibility index (Phi) is 4.74. The molecule has 2 N–H and O–H groups in total. The molecule has 1 aromatic rings. The van der Waals surface area contributed by atoms with E-state index in [-0.39, 0.29) is 18.2 Å². The average molecular weight is 297 g/mol. The molecule has 1 amide bonds. The number of piperazine rings is 1. The van der Waals surface area contributed by atoms with Crippen molar-refractivity contribution in [3.8, 4) is 0 Å². The molecule has 7 heteroatoms. The fourth-order valence-electron chi connectivity index (χ4n) is 2.22. The van der Waals surface area contributed by atoms with Gasteiger partial charge in [-0.15, -0.1) is 0 Å². The third kappa shape index (κ3) is 3.56. The molecule has 0 aromatic heterocycles. The van der Waals surface area contributed by atoms with Gasteiger partial charge in [0.2, 0.25) is 15.9 Å². The van der Waals surface area contributed by atoms with Crippen LogP contribution in [0, 0.1) is 0 Å². The van der Waals surface area contributed by atoms with Crippen LogP contribution in [0.4, 0.5) is 0 Å². The van der Waals surface area contributed by atoms with Crippen LogP contribution in [0.5, 0.6) is 0 Å². The van der Waals surface area contributed by atoms with E-state index in [0.717, 1.165) is 5.56 Å². The van der Waals surface area contributed by atoms with Crippen molar-refractivity contribution in [2.45, 2.75) is 5.75 Å². The topological polar surface area (TPSA) is 83.7 Å². The summed E-state index contributed by atoms with van der Waals surface area (Å²) >= 11 is 0. The van der Waals surface area contributed by atoms with Crippen LogP contribution in [-0.2, 0) is 20.6 Å². The maximum Gasteiger partial charge on any atom is 0.236 e.